The maximum absolute atomic E-state index is 12.3. The highest BCUT2D eigenvalue weighted by atomic mass is 35.5. The summed E-state index contributed by atoms with van der Waals surface area (Å²) in [5.74, 6) is -0.0457. The number of hydrogen-bond donors (Lipinski definition) is 1. The molecule has 0 aromatic heterocycles. The molecule has 0 aliphatic heterocycles. The molecule has 0 heterocycles. The van der Waals surface area contributed by atoms with Crippen molar-refractivity contribution in [2.45, 2.75) is 22.8 Å². The molecule has 0 saturated heterocycles. The summed E-state index contributed by atoms with van der Waals surface area (Å²) in [5, 5.41) is 10.5. The van der Waals surface area contributed by atoms with Gasteiger partial charge in [-0.25, -0.2) is 0 Å². The van der Waals surface area contributed by atoms with Gasteiger partial charge in [-0.05, 0) is 42.8 Å². The summed E-state index contributed by atoms with van der Waals surface area (Å²) in [6.07, 6.45) is -0.627. The largest absolute Gasteiger partial charge is 0.389 e. The number of halogens is 1. The quantitative estimate of drug-likeness (QED) is 0.908. The van der Waals surface area contributed by atoms with Crippen molar-refractivity contribution in [3.63, 3.8) is 0 Å². The maximum atomic E-state index is 12.3. The summed E-state index contributed by atoms with van der Waals surface area (Å²) in [6.45, 7) is 1.70. The number of amides is 1. The molecule has 0 saturated carbocycles. The van der Waals surface area contributed by atoms with Crippen molar-refractivity contribution in [3.05, 3.63) is 58.6 Å². The zero-order valence-corrected chi connectivity index (χ0v) is 14.3. The highest BCUT2D eigenvalue weighted by Gasteiger charge is 2.16. The van der Waals surface area contributed by atoms with E-state index in [-0.39, 0.29) is 5.91 Å². The maximum Gasteiger partial charge on any atom is 0.254 e. The lowest BCUT2D eigenvalue weighted by Crippen LogP contribution is -2.22. The van der Waals surface area contributed by atoms with Crippen LogP contribution in [0, 0.1) is 0 Å². The van der Waals surface area contributed by atoms with E-state index in [0.29, 0.717) is 10.6 Å². The Hall–Kier alpha value is -1.49. The van der Waals surface area contributed by atoms with Gasteiger partial charge in [0, 0.05) is 28.9 Å². The molecule has 0 radical (unpaired) electrons. The summed E-state index contributed by atoms with van der Waals surface area (Å²) in [5.41, 5.74) is 1.40. The fourth-order valence-corrected chi connectivity index (χ4v) is 3.34. The van der Waals surface area contributed by atoms with Crippen molar-refractivity contribution in [1.82, 2.24) is 4.90 Å². The summed E-state index contributed by atoms with van der Waals surface area (Å²) in [7, 11) is 3.46. The normalized spacial score (nSPS) is 12.0. The van der Waals surface area contributed by atoms with Crippen LogP contribution in [-0.2, 0) is 0 Å². The molecule has 1 N–H and O–H groups in total. The Morgan fingerprint density at radius 2 is 1.86 bits per heavy atom. The minimum Gasteiger partial charge on any atom is -0.389 e. The molecule has 0 fully saturated rings. The average Bonchev–Trinajstić information content (AvgIpc) is 2.48. The molecule has 1 atom stereocenters. The minimum absolute atomic E-state index is 0.0457. The van der Waals surface area contributed by atoms with Crippen LogP contribution < -0.4 is 0 Å². The number of rotatable bonds is 4. The highest BCUT2D eigenvalue weighted by molar-refractivity contribution is 7.99. The fraction of sp³-hybridized carbons (Fsp3) is 0.235. The van der Waals surface area contributed by atoms with Gasteiger partial charge >= 0.3 is 0 Å². The van der Waals surface area contributed by atoms with Gasteiger partial charge in [0.2, 0.25) is 0 Å². The molecule has 116 valence electrons. The van der Waals surface area contributed by atoms with Crippen LogP contribution in [0.2, 0.25) is 5.02 Å². The van der Waals surface area contributed by atoms with Gasteiger partial charge in [-0.1, -0.05) is 35.5 Å². The molecule has 1 amide bonds. The van der Waals surface area contributed by atoms with E-state index in [4.69, 9.17) is 11.6 Å². The molecule has 0 aliphatic carbocycles. The Balaban J connectivity index is 2.42. The highest BCUT2D eigenvalue weighted by Crippen LogP contribution is 2.36. The van der Waals surface area contributed by atoms with Crippen molar-refractivity contribution in [3.8, 4) is 0 Å². The third-order valence-electron chi connectivity index (χ3n) is 3.17. The van der Waals surface area contributed by atoms with Crippen molar-refractivity contribution in [2.75, 3.05) is 14.1 Å². The molecular weight excluding hydrogens is 318 g/mol. The Labute approximate surface area is 139 Å². The number of aliphatic hydroxyl groups is 1. The second kappa shape index (κ2) is 7.18. The molecule has 3 nitrogen and oxygen atoms in total. The molecule has 1 unspecified atom stereocenters. The first-order valence-corrected chi connectivity index (χ1v) is 8.05. The van der Waals surface area contributed by atoms with Crippen LogP contribution in [0.15, 0.2) is 52.3 Å². The first-order chi connectivity index (χ1) is 10.4. The van der Waals surface area contributed by atoms with Crippen LogP contribution in [0.5, 0.6) is 0 Å². The lowest BCUT2D eigenvalue weighted by atomic mass is 10.1. The zero-order valence-electron chi connectivity index (χ0n) is 12.7. The van der Waals surface area contributed by atoms with E-state index in [1.807, 2.05) is 30.3 Å². The van der Waals surface area contributed by atoms with E-state index < -0.39 is 6.10 Å². The van der Waals surface area contributed by atoms with Crippen molar-refractivity contribution in [1.29, 1.82) is 0 Å². The van der Waals surface area contributed by atoms with E-state index in [1.165, 1.54) is 11.8 Å². The van der Waals surface area contributed by atoms with E-state index in [0.717, 1.165) is 15.4 Å². The van der Waals surface area contributed by atoms with E-state index in [9.17, 15) is 9.90 Å². The standard InChI is InChI=1S/C17H18ClNO2S/c1-11(20)14-10-12(18)8-9-16(14)22-15-7-5-4-6-13(15)17(21)19(2)3/h4-11,20H,1-3H3. The second-order valence-corrected chi connectivity index (χ2v) is 6.68. The fourth-order valence-electron chi connectivity index (χ4n) is 2.03. The summed E-state index contributed by atoms with van der Waals surface area (Å²) in [6, 6.07) is 12.9. The van der Waals surface area contributed by atoms with Gasteiger partial charge in [0.05, 0.1) is 11.7 Å². The first-order valence-electron chi connectivity index (χ1n) is 6.86. The molecule has 0 spiro atoms. The second-order valence-electron chi connectivity index (χ2n) is 5.16. The van der Waals surface area contributed by atoms with Gasteiger partial charge in [-0.15, -0.1) is 0 Å². The van der Waals surface area contributed by atoms with Gasteiger partial charge in [-0.2, -0.15) is 0 Å². The van der Waals surface area contributed by atoms with Crippen molar-refractivity contribution in [2.24, 2.45) is 0 Å². The number of aliphatic hydroxyl groups excluding tert-OH is 1. The van der Waals surface area contributed by atoms with E-state index in [2.05, 4.69) is 0 Å². The average molecular weight is 336 g/mol. The van der Waals surface area contributed by atoms with Gasteiger partial charge in [0.1, 0.15) is 0 Å². The smallest absolute Gasteiger partial charge is 0.254 e. The van der Waals surface area contributed by atoms with Crippen LogP contribution in [0.1, 0.15) is 28.9 Å². The molecule has 22 heavy (non-hydrogen) atoms. The molecule has 2 aromatic rings. The van der Waals surface area contributed by atoms with Crippen LogP contribution >= 0.6 is 23.4 Å². The lowest BCUT2D eigenvalue weighted by Gasteiger charge is -2.16. The van der Waals surface area contributed by atoms with Crippen molar-refractivity contribution >= 4 is 29.3 Å². The topological polar surface area (TPSA) is 40.5 Å². The van der Waals surface area contributed by atoms with E-state index >= 15 is 0 Å². The van der Waals surface area contributed by atoms with Crippen molar-refractivity contribution < 1.29 is 9.90 Å². The Morgan fingerprint density at radius 1 is 1.18 bits per heavy atom. The SMILES string of the molecule is CC(O)c1cc(Cl)ccc1Sc1ccccc1C(=O)N(C)C. The summed E-state index contributed by atoms with van der Waals surface area (Å²) < 4.78 is 0. The van der Waals surface area contributed by atoms with Gasteiger partial charge < -0.3 is 10.0 Å². The molecule has 0 bridgehead atoms. The number of benzene rings is 2. The number of carbonyl (C=O) groups excluding carboxylic acids is 1. The third-order valence-corrected chi connectivity index (χ3v) is 4.57. The number of carbonyl (C=O) groups is 1. The Bertz CT molecular complexity index is 686. The molecule has 5 heteroatoms. The van der Waals surface area contributed by atoms with Crippen LogP contribution in [0.3, 0.4) is 0 Å². The molecule has 0 aliphatic rings. The third kappa shape index (κ3) is 3.83. The summed E-state index contributed by atoms with van der Waals surface area (Å²) in [4.78, 5) is 15.6. The Morgan fingerprint density at radius 3 is 2.50 bits per heavy atom. The monoisotopic (exact) mass is 335 g/mol. The Kier molecular flexibility index (Phi) is 5.51. The zero-order chi connectivity index (χ0) is 16.3. The molecule has 2 aromatic carbocycles. The predicted molar refractivity (Wildman–Crippen MR) is 90.7 cm³/mol. The van der Waals surface area contributed by atoms with Gasteiger partial charge in [-0.3, -0.25) is 4.79 Å². The van der Waals surface area contributed by atoms with Gasteiger partial charge in [0.25, 0.3) is 5.91 Å². The summed E-state index contributed by atoms with van der Waals surface area (Å²) >= 11 is 7.46. The first kappa shape index (κ1) is 16.9. The molecular formula is C17H18ClNO2S. The van der Waals surface area contributed by atoms with Crippen LogP contribution in [-0.4, -0.2) is 30.0 Å². The van der Waals surface area contributed by atoms with E-state index in [1.54, 1.807) is 38.1 Å². The van der Waals surface area contributed by atoms with Crippen LogP contribution in [0.25, 0.3) is 0 Å². The number of hydrogen-bond acceptors (Lipinski definition) is 3. The minimum atomic E-state index is -0.627. The van der Waals surface area contributed by atoms with Crippen LogP contribution in [0.4, 0.5) is 0 Å². The predicted octanol–water partition coefficient (Wildman–Crippen LogP) is 4.25. The molecule has 2 rings (SSSR count). The lowest BCUT2D eigenvalue weighted by molar-refractivity contribution is 0.0824. The van der Waals surface area contributed by atoms with Gasteiger partial charge in [0.15, 0.2) is 0 Å². The number of nitrogens with zero attached hydrogens (tertiary/aromatic N) is 1.